The van der Waals surface area contributed by atoms with Crippen LogP contribution in [0.3, 0.4) is 0 Å². The van der Waals surface area contributed by atoms with Gasteiger partial charge in [0.2, 0.25) is 0 Å². The Morgan fingerprint density at radius 1 is 1.38 bits per heavy atom. The van der Waals surface area contributed by atoms with Crippen molar-refractivity contribution in [2.75, 3.05) is 0 Å². The molecule has 0 aromatic carbocycles. The van der Waals surface area contributed by atoms with Crippen LogP contribution in [-0.4, -0.2) is 4.75 Å². The Morgan fingerprint density at radius 2 is 2.12 bits per heavy atom. The largest absolute Gasteiger partial charge is 0.168 e. The maximum absolute atomic E-state index is 4.90. The Morgan fingerprint density at radius 3 is 2.75 bits per heavy atom. The molecule has 0 heterocycles. The van der Waals surface area contributed by atoms with Crippen molar-refractivity contribution in [1.29, 1.82) is 0 Å². The van der Waals surface area contributed by atoms with Crippen molar-refractivity contribution in [1.82, 2.24) is 0 Å². The van der Waals surface area contributed by atoms with E-state index in [1.54, 1.807) is 11.1 Å². The molecule has 16 heavy (non-hydrogen) atoms. The molecule has 0 N–H and O–H groups in total. The van der Waals surface area contributed by atoms with Crippen LogP contribution in [0.1, 0.15) is 52.9 Å². The summed E-state index contributed by atoms with van der Waals surface area (Å²) in [5, 5.41) is 0. The molecule has 1 unspecified atom stereocenters. The first kappa shape index (κ1) is 12.0. The van der Waals surface area contributed by atoms with Gasteiger partial charge in [-0.3, -0.25) is 0 Å². The van der Waals surface area contributed by atoms with Gasteiger partial charge in [-0.2, -0.15) is 12.6 Å². The molecule has 1 atom stereocenters. The first-order chi connectivity index (χ1) is 7.62. The number of hydrogen-bond acceptors (Lipinski definition) is 1. The molecule has 0 spiro atoms. The molecule has 2 aliphatic rings. The van der Waals surface area contributed by atoms with E-state index in [0.717, 1.165) is 0 Å². The van der Waals surface area contributed by atoms with Crippen molar-refractivity contribution in [3.05, 3.63) is 34.4 Å². The average Bonchev–Trinajstić information content (AvgIpc) is 2.23. The number of allylic oxidation sites excluding steroid dienone is 5. The monoisotopic (exact) mass is 234 g/mol. The highest BCUT2D eigenvalue weighted by atomic mass is 32.1. The summed E-state index contributed by atoms with van der Waals surface area (Å²) >= 11 is 4.90. The lowest BCUT2D eigenvalue weighted by molar-refractivity contribution is 0.509. The van der Waals surface area contributed by atoms with Crippen LogP contribution >= 0.6 is 12.6 Å². The van der Waals surface area contributed by atoms with Gasteiger partial charge in [0, 0.05) is 4.75 Å². The van der Waals surface area contributed by atoms with Crippen molar-refractivity contribution in [2.45, 2.75) is 57.6 Å². The zero-order chi connectivity index (χ0) is 11.8. The van der Waals surface area contributed by atoms with Crippen molar-refractivity contribution >= 4 is 12.6 Å². The molecule has 88 valence electrons. The Kier molecular flexibility index (Phi) is 3.34. The topological polar surface area (TPSA) is 0 Å². The molecule has 0 aromatic heterocycles. The van der Waals surface area contributed by atoms with Gasteiger partial charge in [-0.1, -0.05) is 31.1 Å². The fraction of sp³-hybridized carbons (Fsp3) is 0.600. The van der Waals surface area contributed by atoms with E-state index in [4.69, 9.17) is 12.6 Å². The molecule has 0 nitrogen and oxygen atoms in total. The van der Waals surface area contributed by atoms with Crippen LogP contribution in [0.4, 0.5) is 0 Å². The van der Waals surface area contributed by atoms with Crippen molar-refractivity contribution in [2.24, 2.45) is 0 Å². The Labute approximate surface area is 105 Å². The first-order valence-electron chi connectivity index (χ1n) is 6.40. The summed E-state index contributed by atoms with van der Waals surface area (Å²) in [5.74, 6) is 0. The molecule has 2 aliphatic carbocycles. The Bertz CT molecular complexity index is 384. The molecule has 0 aliphatic heterocycles. The van der Waals surface area contributed by atoms with Gasteiger partial charge in [0.1, 0.15) is 0 Å². The van der Waals surface area contributed by atoms with E-state index in [1.807, 2.05) is 0 Å². The summed E-state index contributed by atoms with van der Waals surface area (Å²) in [6.45, 7) is 6.64. The summed E-state index contributed by atoms with van der Waals surface area (Å²) in [6.07, 6.45) is 10.5. The molecule has 0 radical (unpaired) electrons. The zero-order valence-corrected chi connectivity index (χ0v) is 11.5. The van der Waals surface area contributed by atoms with E-state index in [2.05, 4.69) is 32.9 Å². The normalized spacial score (nSPS) is 29.8. The molecular weight excluding hydrogens is 212 g/mol. The highest BCUT2D eigenvalue weighted by Crippen LogP contribution is 2.54. The second-order valence-electron chi connectivity index (χ2n) is 5.07. The predicted molar refractivity (Wildman–Crippen MR) is 75.0 cm³/mol. The van der Waals surface area contributed by atoms with Gasteiger partial charge in [-0.05, 0) is 56.3 Å². The summed E-state index contributed by atoms with van der Waals surface area (Å²) in [7, 11) is 0. The highest BCUT2D eigenvalue weighted by Gasteiger charge is 2.42. The Hall–Kier alpha value is -0.430. The van der Waals surface area contributed by atoms with Crippen LogP contribution < -0.4 is 0 Å². The molecule has 0 saturated heterocycles. The third-order valence-corrected chi connectivity index (χ3v) is 4.66. The average molecular weight is 234 g/mol. The molecule has 1 heteroatoms. The van der Waals surface area contributed by atoms with Crippen LogP contribution in [0.15, 0.2) is 34.4 Å². The van der Waals surface area contributed by atoms with Crippen LogP contribution in [0.25, 0.3) is 0 Å². The van der Waals surface area contributed by atoms with Gasteiger partial charge < -0.3 is 0 Å². The lowest BCUT2D eigenvalue weighted by Crippen LogP contribution is -2.37. The fourth-order valence-corrected chi connectivity index (χ4v) is 3.75. The highest BCUT2D eigenvalue weighted by molar-refractivity contribution is 7.82. The standard InChI is InChI=1S/C15H22S/c1-4-6-12-7-8-14-13(11(12)3)10-15(14,16)9-5-2/h4,6,16H,5,7-10H2,1-3H3/b6-4-. The molecule has 0 fully saturated rings. The summed E-state index contributed by atoms with van der Waals surface area (Å²) in [5.41, 5.74) is 6.32. The van der Waals surface area contributed by atoms with Crippen molar-refractivity contribution < 1.29 is 0 Å². The lowest BCUT2D eigenvalue weighted by Gasteiger charge is -2.46. The maximum atomic E-state index is 4.90. The van der Waals surface area contributed by atoms with Crippen molar-refractivity contribution in [3.8, 4) is 0 Å². The fourth-order valence-electron chi connectivity index (χ4n) is 3.13. The van der Waals surface area contributed by atoms with Gasteiger partial charge in [-0.25, -0.2) is 0 Å². The predicted octanol–water partition coefficient (Wildman–Crippen LogP) is 4.84. The van der Waals surface area contributed by atoms with Gasteiger partial charge >= 0.3 is 0 Å². The second kappa shape index (κ2) is 4.44. The maximum Gasteiger partial charge on any atom is 0.0384 e. The minimum Gasteiger partial charge on any atom is -0.168 e. The Balaban J connectivity index is 2.27. The summed E-state index contributed by atoms with van der Waals surface area (Å²) in [4.78, 5) is 0. The minimum absolute atomic E-state index is 0.243. The van der Waals surface area contributed by atoms with Crippen LogP contribution in [0.5, 0.6) is 0 Å². The molecule has 0 amide bonds. The SMILES string of the molecule is C/C=C\C1=C(C)C2=C(CC1)C(S)(CCC)C2. The molecule has 0 aromatic rings. The minimum atomic E-state index is 0.243. The smallest absolute Gasteiger partial charge is 0.0384 e. The van der Waals surface area contributed by atoms with E-state index < -0.39 is 0 Å². The van der Waals surface area contributed by atoms with Gasteiger partial charge in [0.25, 0.3) is 0 Å². The van der Waals surface area contributed by atoms with Crippen LogP contribution in [0, 0.1) is 0 Å². The number of rotatable bonds is 3. The summed E-state index contributed by atoms with van der Waals surface area (Å²) < 4.78 is 0.243. The van der Waals surface area contributed by atoms with E-state index in [0.29, 0.717) is 0 Å². The number of thiol groups is 1. The summed E-state index contributed by atoms with van der Waals surface area (Å²) in [6, 6.07) is 0. The van der Waals surface area contributed by atoms with Crippen LogP contribution in [-0.2, 0) is 0 Å². The second-order valence-corrected chi connectivity index (χ2v) is 5.92. The molecule has 0 saturated carbocycles. The van der Waals surface area contributed by atoms with E-state index in [9.17, 15) is 0 Å². The first-order valence-corrected chi connectivity index (χ1v) is 6.85. The quantitative estimate of drug-likeness (QED) is 0.664. The van der Waals surface area contributed by atoms with Crippen molar-refractivity contribution in [3.63, 3.8) is 0 Å². The van der Waals surface area contributed by atoms with E-state index in [-0.39, 0.29) is 4.75 Å². The van der Waals surface area contributed by atoms with Crippen LogP contribution in [0.2, 0.25) is 0 Å². The third-order valence-electron chi connectivity index (χ3n) is 4.01. The van der Waals surface area contributed by atoms with Gasteiger partial charge in [0.15, 0.2) is 0 Å². The van der Waals surface area contributed by atoms with Gasteiger partial charge in [0.05, 0.1) is 0 Å². The van der Waals surface area contributed by atoms with Gasteiger partial charge in [-0.15, -0.1) is 0 Å². The number of hydrogen-bond donors (Lipinski definition) is 1. The molecule has 2 rings (SSSR count). The molecular formula is C15H22S. The third kappa shape index (κ3) is 1.79. The molecule has 0 bridgehead atoms. The van der Waals surface area contributed by atoms with E-state index in [1.165, 1.54) is 43.3 Å². The lowest BCUT2D eigenvalue weighted by atomic mass is 9.66. The van der Waals surface area contributed by atoms with E-state index >= 15 is 0 Å². The zero-order valence-electron chi connectivity index (χ0n) is 10.6.